The first-order valence-electron chi connectivity index (χ1n) is 6.88. The van der Waals surface area contributed by atoms with Crippen LogP contribution in [-0.2, 0) is 9.53 Å². The van der Waals surface area contributed by atoms with Gasteiger partial charge >= 0.3 is 5.97 Å². The molecule has 0 unspecified atom stereocenters. The number of benzene rings is 1. The lowest BCUT2D eigenvalue weighted by molar-refractivity contribution is -0.137. The molecule has 0 atom stereocenters. The highest BCUT2D eigenvalue weighted by Crippen LogP contribution is 2.52. The van der Waals surface area contributed by atoms with Crippen molar-refractivity contribution in [1.29, 1.82) is 10.5 Å². The van der Waals surface area contributed by atoms with E-state index >= 15 is 0 Å². The number of nitrogens with zero attached hydrogens (tertiary/aromatic N) is 2. The summed E-state index contributed by atoms with van der Waals surface area (Å²) >= 11 is 1.21. The second-order valence-electron chi connectivity index (χ2n) is 4.79. The lowest BCUT2D eigenvalue weighted by atomic mass is 10.0. The van der Waals surface area contributed by atoms with Crippen molar-refractivity contribution in [3.63, 3.8) is 0 Å². The number of thiophene rings is 1. The average Bonchev–Trinajstić information content (AvgIpc) is 3.02. The van der Waals surface area contributed by atoms with Crippen molar-refractivity contribution < 1.29 is 9.53 Å². The molecule has 6 heteroatoms. The lowest BCUT2D eigenvalue weighted by Gasteiger charge is -2.06. The van der Waals surface area contributed by atoms with Crippen molar-refractivity contribution in [3.05, 3.63) is 45.8 Å². The lowest BCUT2D eigenvalue weighted by Crippen LogP contribution is -2.08. The number of nitriles is 2. The van der Waals surface area contributed by atoms with Crippen LogP contribution in [0.1, 0.15) is 22.9 Å². The van der Waals surface area contributed by atoms with Crippen molar-refractivity contribution in [1.82, 2.24) is 0 Å². The molecule has 0 radical (unpaired) electrons. The molecule has 1 aromatic carbocycles. The van der Waals surface area contributed by atoms with Crippen molar-refractivity contribution in [2.24, 2.45) is 0 Å². The number of fused-ring (bicyclic) bond motifs is 3. The van der Waals surface area contributed by atoms with E-state index in [0.717, 1.165) is 11.1 Å². The van der Waals surface area contributed by atoms with E-state index < -0.39 is 5.97 Å². The summed E-state index contributed by atoms with van der Waals surface area (Å²) in [5.41, 5.74) is 8.99. The Balaban J connectivity index is 2.39. The van der Waals surface area contributed by atoms with Crippen LogP contribution in [0.4, 0.5) is 5.00 Å². The Morgan fingerprint density at radius 1 is 1.30 bits per heavy atom. The fraction of sp³-hybridized carbons (Fsp3) is 0.118. The zero-order chi connectivity index (χ0) is 16.6. The number of carbonyl (C=O) groups excluding carboxylic acids is 1. The molecule has 0 fully saturated rings. The number of nitrogen functional groups attached to an aromatic ring is 1. The van der Waals surface area contributed by atoms with Gasteiger partial charge in [0.2, 0.25) is 0 Å². The molecule has 1 heterocycles. The first kappa shape index (κ1) is 14.8. The zero-order valence-corrected chi connectivity index (χ0v) is 13.0. The summed E-state index contributed by atoms with van der Waals surface area (Å²) in [6.07, 6.45) is 0. The molecule has 1 aliphatic carbocycles. The molecule has 1 aromatic heterocycles. The maximum absolute atomic E-state index is 12.1. The van der Waals surface area contributed by atoms with Gasteiger partial charge in [-0.25, -0.2) is 4.79 Å². The summed E-state index contributed by atoms with van der Waals surface area (Å²) in [5.74, 6) is -0.668. The highest BCUT2D eigenvalue weighted by molar-refractivity contribution is 7.18. The van der Waals surface area contributed by atoms with Crippen LogP contribution in [0.25, 0.3) is 16.7 Å². The molecule has 0 aliphatic heterocycles. The Bertz CT molecular complexity index is 942. The fourth-order valence-corrected chi connectivity index (χ4v) is 3.79. The molecular formula is C17H11N3O2S. The van der Waals surface area contributed by atoms with E-state index in [-0.39, 0.29) is 12.2 Å². The van der Waals surface area contributed by atoms with Gasteiger partial charge in [0.25, 0.3) is 0 Å². The second kappa shape index (κ2) is 5.60. The third kappa shape index (κ3) is 2.09. The van der Waals surface area contributed by atoms with Crippen molar-refractivity contribution >= 4 is 27.9 Å². The summed E-state index contributed by atoms with van der Waals surface area (Å²) in [6.45, 7) is 1.87. The quantitative estimate of drug-likeness (QED) is 0.444. The highest BCUT2D eigenvalue weighted by Gasteiger charge is 2.34. The minimum absolute atomic E-state index is 0.0659. The Labute approximate surface area is 136 Å². The predicted molar refractivity (Wildman–Crippen MR) is 87.2 cm³/mol. The normalized spacial score (nSPS) is 13.5. The number of hydrogen-bond acceptors (Lipinski definition) is 6. The van der Waals surface area contributed by atoms with Gasteiger partial charge in [0, 0.05) is 16.0 Å². The van der Waals surface area contributed by atoms with Crippen molar-refractivity contribution in [2.75, 3.05) is 12.3 Å². The number of carbonyl (C=O) groups is 1. The van der Waals surface area contributed by atoms with Gasteiger partial charge < -0.3 is 10.5 Å². The number of rotatable bonds is 2. The summed E-state index contributed by atoms with van der Waals surface area (Å²) in [5, 5.41) is 19.2. The Hall–Kier alpha value is -3.09. The first-order valence-corrected chi connectivity index (χ1v) is 7.69. The molecule has 0 amide bonds. The Morgan fingerprint density at radius 2 is 2.00 bits per heavy atom. The third-order valence-corrected chi connectivity index (χ3v) is 4.62. The van der Waals surface area contributed by atoms with Crippen LogP contribution in [0.15, 0.2) is 29.8 Å². The van der Waals surface area contributed by atoms with E-state index in [9.17, 15) is 15.3 Å². The summed E-state index contributed by atoms with van der Waals surface area (Å²) < 4.78 is 4.99. The van der Waals surface area contributed by atoms with E-state index in [1.165, 1.54) is 11.3 Å². The molecule has 0 spiro atoms. The van der Waals surface area contributed by atoms with Crippen LogP contribution in [0, 0.1) is 22.7 Å². The van der Waals surface area contributed by atoms with Crippen LogP contribution in [0.3, 0.4) is 0 Å². The molecule has 1 aliphatic rings. The molecule has 0 saturated heterocycles. The van der Waals surface area contributed by atoms with E-state index in [4.69, 9.17) is 10.5 Å². The average molecular weight is 321 g/mol. The second-order valence-corrected chi connectivity index (χ2v) is 5.84. The molecule has 0 saturated carbocycles. The number of hydrogen-bond donors (Lipinski definition) is 1. The molecule has 23 heavy (non-hydrogen) atoms. The third-order valence-electron chi connectivity index (χ3n) is 3.58. The molecule has 2 aromatic rings. The van der Waals surface area contributed by atoms with Crippen LogP contribution < -0.4 is 5.73 Å². The minimum Gasteiger partial charge on any atom is -0.462 e. The van der Waals surface area contributed by atoms with Crippen molar-refractivity contribution in [3.8, 4) is 23.3 Å². The molecule has 2 N–H and O–H groups in total. The van der Waals surface area contributed by atoms with Crippen LogP contribution in [0.2, 0.25) is 0 Å². The van der Waals surface area contributed by atoms with Gasteiger partial charge in [-0.1, -0.05) is 24.3 Å². The van der Waals surface area contributed by atoms with Crippen molar-refractivity contribution in [2.45, 2.75) is 6.92 Å². The van der Waals surface area contributed by atoms with Crippen LogP contribution in [0.5, 0.6) is 0 Å². The Kier molecular flexibility index (Phi) is 3.61. The smallest absolute Gasteiger partial charge is 0.349 e. The van der Waals surface area contributed by atoms with Crippen LogP contribution >= 0.6 is 11.3 Å². The minimum atomic E-state index is -0.668. The van der Waals surface area contributed by atoms with Gasteiger partial charge in [-0.2, -0.15) is 10.5 Å². The highest BCUT2D eigenvalue weighted by atomic mass is 32.1. The van der Waals surface area contributed by atoms with E-state index in [1.807, 2.05) is 30.3 Å². The van der Waals surface area contributed by atoms with Crippen LogP contribution in [-0.4, -0.2) is 12.6 Å². The fourth-order valence-electron chi connectivity index (χ4n) is 2.69. The Morgan fingerprint density at radius 3 is 2.61 bits per heavy atom. The molecule has 5 nitrogen and oxygen atoms in total. The molecular weight excluding hydrogens is 310 g/mol. The monoisotopic (exact) mass is 321 g/mol. The van der Waals surface area contributed by atoms with Gasteiger partial charge in [-0.3, -0.25) is 0 Å². The van der Waals surface area contributed by atoms with E-state index in [2.05, 4.69) is 6.07 Å². The summed E-state index contributed by atoms with van der Waals surface area (Å²) in [7, 11) is 0. The zero-order valence-electron chi connectivity index (χ0n) is 12.2. The maximum Gasteiger partial charge on any atom is 0.349 e. The van der Waals surface area contributed by atoms with Gasteiger partial charge in [-0.05, 0) is 18.1 Å². The summed E-state index contributed by atoms with van der Waals surface area (Å²) in [4.78, 5) is 12.8. The van der Waals surface area contributed by atoms with E-state index in [1.54, 1.807) is 6.92 Å². The van der Waals surface area contributed by atoms with Gasteiger partial charge in [0.15, 0.2) is 0 Å². The first-order chi connectivity index (χ1) is 11.1. The summed E-state index contributed by atoms with van der Waals surface area (Å²) in [6, 6.07) is 11.4. The molecule has 0 bridgehead atoms. The number of nitrogens with two attached hydrogens (primary N) is 1. The predicted octanol–water partition coefficient (Wildman–Crippen LogP) is 3.07. The molecule has 3 rings (SSSR count). The molecule has 112 valence electrons. The topological polar surface area (TPSA) is 99.9 Å². The largest absolute Gasteiger partial charge is 0.462 e. The van der Waals surface area contributed by atoms with Gasteiger partial charge in [0.05, 0.1) is 12.2 Å². The van der Waals surface area contributed by atoms with Gasteiger partial charge in [-0.15, -0.1) is 11.3 Å². The van der Waals surface area contributed by atoms with Gasteiger partial charge in [0.1, 0.15) is 22.7 Å². The number of ether oxygens (including phenoxy) is 1. The maximum atomic E-state index is 12.1. The standard InChI is InChI=1S/C17H11N3O2S/c1-2-22-17(21)12(8-19)14-10-6-4-3-5-9(10)13-11(7-18)16(20)23-15(13)14/h3-6H,2,20H2,1H3/b14-12-. The SMILES string of the molecule is CCOC(=O)/C(C#N)=C1/c2ccccc2-c2c1sc(N)c2C#N. The van der Waals surface area contributed by atoms with E-state index in [0.29, 0.717) is 26.6 Å². The number of anilines is 1. The number of esters is 1.